The predicted molar refractivity (Wildman–Crippen MR) is 93.6 cm³/mol. The van der Waals surface area contributed by atoms with E-state index in [9.17, 15) is 9.90 Å². The van der Waals surface area contributed by atoms with Crippen molar-refractivity contribution in [3.8, 4) is 0 Å². The maximum Gasteiger partial charge on any atom is 0.356 e. The maximum atomic E-state index is 11.6. The molecule has 0 radical (unpaired) electrons. The molecule has 6 nitrogen and oxygen atoms in total. The minimum Gasteiger partial charge on any atom is -0.476 e. The van der Waals surface area contributed by atoms with Crippen LogP contribution in [0, 0.1) is 6.92 Å². The second-order valence-electron chi connectivity index (χ2n) is 6.47. The number of aromatic carboxylic acids is 1. The predicted octanol–water partition coefficient (Wildman–Crippen LogP) is 2.75. The smallest absolute Gasteiger partial charge is 0.356 e. The summed E-state index contributed by atoms with van der Waals surface area (Å²) in [6.07, 6.45) is 3.63. The molecule has 2 aromatic rings. The average molecular weight is 348 g/mol. The number of fused-ring (bicyclic) bond motifs is 1. The fourth-order valence-electron chi connectivity index (χ4n) is 3.48. The second-order valence-corrected chi connectivity index (χ2v) is 7.53. The Morgan fingerprint density at radius 2 is 2.33 bits per heavy atom. The van der Waals surface area contributed by atoms with Gasteiger partial charge in [0.15, 0.2) is 5.69 Å². The Kier molecular flexibility index (Phi) is 5.01. The zero-order valence-corrected chi connectivity index (χ0v) is 15.3. The molecule has 24 heavy (non-hydrogen) atoms. The van der Waals surface area contributed by atoms with E-state index in [0.29, 0.717) is 6.04 Å². The number of carboxylic acid groups (broad SMARTS) is 1. The van der Waals surface area contributed by atoms with E-state index in [4.69, 9.17) is 0 Å². The lowest BCUT2D eigenvalue weighted by atomic mass is 9.90. The molecule has 7 heteroatoms. The first-order chi connectivity index (χ1) is 11.5. The summed E-state index contributed by atoms with van der Waals surface area (Å²) in [7, 11) is 2.10. The van der Waals surface area contributed by atoms with Gasteiger partial charge in [0.2, 0.25) is 0 Å². The lowest BCUT2D eigenvalue weighted by Gasteiger charge is -2.31. The molecule has 0 saturated heterocycles. The Hall–Kier alpha value is -1.73. The molecule has 0 spiro atoms. The first-order valence-corrected chi connectivity index (χ1v) is 9.30. The Bertz CT molecular complexity index is 737. The number of carboxylic acids is 1. The largest absolute Gasteiger partial charge is 0.476 e. The molecule has 0 saturated carbocycles. The van der Waals surface area contributed by atoms with Crippen LogP contribution in [0.2, 0.25) is 0 Å². The third-order valence-corrected chi connectivity index (χ3v) is 5.48. The van der Waals surface area contributed by atoms with Crippen LogP contribution in [0.3, 0.4) is 0 Å². The Labute approximate surface area is 146 Å². The zero-order chi connectivity index (χ0) is 17.3. The molecule has 0 fully saturated rings. The molecular weight excluding hydrogens is 324 g/mol. The van der Waals surface area contributed by atoms with Crippen LogP contribution < -0.4 is 0 Å². The van der Waals surface area contributed by atoms with Crippen LogP contribution in [0.5, 0.6) is 0 Å². The van der Waals surface area contributed by atoms with E-state index in [1.807, 2.05) is 11.6 Å². The third kappa shape index (κ3) is 3.37. The third-order valence-electron chi connectivity index (χ3n) is 4.66. The van der Waals surface area contributed by atoms with Crippen molar-refractivity contribution in [3.05, 3.63) is 33.0 Å². The molecule has 0 amide bonds. The number of rotatable bonds is 6. The summed E-state index contributed by atoms with van der Waals surface area (Å²) < 4.78 is 1.90. The number of likely N-dealkylation sites (N-methyl/N-ethyl adjacent to an activating group) is 1. The van der Waals surface area contributed by atoms with Crippen LogP contribution in [0.1, 0.15) is 52.2 Å². The van der Waals surface area contributed by atoms with E-state index in [-0.39, 0.29) is 5.69 Å². The normalized spacial score (nSPS) is 17.2. The zero-order valence-electron chi connectivity index (χ0n) is 14.4. The molecule has 0 bridgehead atoms. The highest BCUT2D eigenvalue weighted by Gasteiger charge is 2.30. The van der Waals surface area contributed by atoms with Crippen molar-refractivity contribution < 1.29 is 9.90 Å². The van der Waals surface area contributed by atoms with E-state index in [0.717, 1.165) is 60.7 Å². The minimum absolute atomic E-state index is 0.237. The molecule has 2 aromatic heterocycles. The molecular formula is C17H24N4O2S. The van der Waals surface area contributed by atoms with Gasteiger partial charge in [0.25, 0.3) is 0 Å². The van der Waals surface area contributed by atoms with Crippen LogP contribution in [0.4, 0.5) is 0 Å². The highest BCUT2D eigenvalue weighted by molar-refractivity contribution is 7.09. The molecule has 1 atom stereocenters. The Morgan fingerprint density at radius 3 is 2.96 bits per heavy atom. The highest BCUT2D eigenvalue weighted by atomic mass is 32.1. The summed E-state index contributed by atoms with van der Waals surface area (Å²) in [6, 6.07) is 0.330. The van der Waals surface area contributed by atoms with Gasteiger partial charge >= 0.3 is 5.97 Å². The molecule has 1 aliphatic carbocycles. The number of hydrogen-bond donors (Lipinski definition) is 1. The molecule has 0 unspecified atom stereocenters. The van der Waals surface area contributed by atoms with Gasteiger partial charge in [-0.25, -0.2) is 9.78 Å². The summed E-state index contributed by atoms with van der Waals surface area (Å²) in [5.74, 6) is -0.917. The summed E-state index contributed by atoms with van der Waals surface area (Å²) in [6.45, 7) is 5.69. The van der Waals surface area contributed by atoms with Gasteiger partial charge in [-0.3, -0.25) is 9.58 Å². The number of carbonyl (C=O) groups is 1. The summed E-state index contributed by atoms with van der Waals surface area (Å²) in [5, 5.41) is 17.0. The minimum atomic E-state index is -0.917. The number of nitrogens with zero attached hydrogens (tertiary/aromatic N) is 4. The molecule has 3 rings (SSSR count). The van der Waals surface area contributed by atoms with Gasteiger partial charge in [0.1, 0.15) is 0 Å². The van der Waals surface area contributed by atoms with Gasteiger partial charge in [-0.1, -0.05) is 6.92 Å². The van der Waals surface area contributed by atoms with Crippen LogP contribution in [0.25, 0.3) is 0 Å². The van der Waals surface area contributed by atoms with Gasteiger partial charge in [-0.15, -0.1) is 11.3 Å². The Balaban J connectivity index is 1.78. The number of aryl methyl sites for hydroxylation is 2. The molecule has 130 valence electrons. The monoisotopic (exact) mass is 348 g/mol. The van der Waals surface area contributed by atoms with Crippen molar-refractivity contribution in [2.24, 2.45) is 0 Å². The van der Waals surface area contributed by atoms with Crippen molar-refractivity contribution in [2.45, 2.75) is 58.7 Å². The molecule has 1 aliphatic rings. The van der Waals surface area contributed by atoms with E-state index >= 15 is 0 Å². The summed E-state index contributed by atoms with van der Waals surface area (Å²) in [5.41, 5.74) is 3.36. The number of aromatic nitrogens is 3. The summed E-state index contributed by atoms with van der Waals surface area (Å²) >= 11 is 1.67. The molecule has 0 aliphatic heterocycles. The van der Waals surface area contributed by atoms with Crippen molar-refractivity contribution in [2.75, 3.05) is 7.05 Å². The first-order valence-electron chi connectivity index (χ1n) is 8.42. The Morgan fingerprint density at radius 1 is 1.54 bits per heavy atom. The first kappa shape index (κ1) is 17.1. The average Bonchev–Trinajstić information content (AvgIpc) is 3.11. The van der Waals surface area contributed by atoms with Gasteiger partial charge in [-0.2, -0.15) is 5.10 Å². The van der Waals surface area contributed by atoms with Crippen molar-refractivity contribution in [1.82, 2.24) is 19.7 Å². The second kappa shape index (κ2) is 7.03. The van der Waals surface area contributed by atoms with Gasteiger partial charge in [0, 0.05) is 35.8 Å². The van der Waals surface area contributed by atoms with Gasteiger partial charge in [0.05, 0.1) is 10.7 Å². The number of thiazole rings is 1. The van der Waals surface area contributed by atoms with Crippen LogP contribution >= 0.6 is 11.3 Å². The van der Waals surface area contributed by atoms with Crippen LogP contribution in [0.15, 0.2) is 5.38 Å². The van der Waals surface area contributed by atoms with Crippen molar-refractivity contribution in [1.29, 1.82) is 0 Å². The lowest BCUT2D eigenvalue weighted by molar-refractivity contribution is 0.0687. The number of hydrogen-bond acceptors (Lipinski definition) is 5. The van der Waals surface area contributed by atoms with Crippen molar-refractivity contribution >= 4 is 17.3 Å². The fraction of sp³-hybridized carbons (Fsp3) is 0.588. The van der Waals surface area contributed by atoms with Crippen LogP contribution in [-0.2, 0) is 25.9 Å². The quantitative estimate of drug-likeness (QED) is 0.869. The standard InChI is InChI=1S/C17H24N4O2S/c1-4-7-21-15-6-5-13(8-14(15)16(19-21)17(22)23)20(3)9-12-10-24-11(2)18-12/h10,13H,4-9H2,1-3H3,(H,22,23)/t13-/m1/s1. The van der Waals surface area contributed by atoms with Gasteiger partial charge in [-0.05, 0) is 39.7 Å². The molecule has 1 N–H and O–H groups in total. The van der Waals surface area contributed by atoms with Crippen molar-refractivity contribution in [3.63, 3.8) is 0 Å². The summed E-state index contributed by atoms with van der Waals surface area (Å²) in [4.78, 5) is 18.4. The fourth-order valence-corrected chi connectivity index (χ4v) is 4.08. The highest BCUT2D eigenvalue weighted by Crippen LogP contribution is 2.28. The van der Waals surface area contributed by atoms with E-state index < -0.39 is 5.97 Å². The lowest BCUT2D eigenvalue weighted by Crippen LogP contribution is -2.36. The van der Waals surface area contributed by atoms with Gasteiger partial charge < -0.3 is 5.11 Å². The van der Waals surface area contributed by atoms with Crippen LogP contribution in [-0.4, -0.2) is 43.8 Å². The molecule has 0 aromatic carbocycles. The van der Waals surface area contributed by atoms with E-state index in [1.54, 1.807) is 11.3 Å². The maximum absolute atomic E-state index is 11.6. The van der Waals surface area contributed by atoms with E-state index in [2.05, 4.69) is 34.3 Å². The topological polar surface area (TPSA) is 71.2 Å². The SMILES string of the molecule is CCCn1nc(C(=O)O)c2c1CC[C@@H](N(C)Cc1csc(C)n1)C2. The molecule has 2 heterocycles. The van der Waals surface area contributed by atoms with E-state index in [1.165, 1.54) is 0 Å².